The van der Waals surface area contributed by atoms with Gasteiger partial charge >= 0.3 is 5.97 Å². The molecule has 1 aliphatic rings. The topological polar surface area (TPSA) is 60.9 Å². The molecule has 1 rings (SSSR count). The molecule has 1 aliphatic heterocycles. The van der Waals surface area contributed by atoms with Crippen molar-refractivity contribution in [3.8, 4) is 0 Å². The van der Waals surface area contributed by atoms with Crippen molar-refractivity contribution in [2.45, 2.75) is 25.8 Å². The Balaban J connectivity index is 2.56. The molecule has 5 nitrogen and oxygen atoms in total. The first-order valence-electron chi connectivity index (χ1n) is 5.58. The number of nitrogens with zero attached hydrogens (tertiary/aromatic N) is 2. The summed E-state index contributed by atoms with van der Waals surface area (Å²) in [6.45, 7) is 2.99. The third-order valence-electron chi connectivity index (χ3n) is 3.22. The fourth-order valence-corrected chi connectivity index (χ4v) is 1.78. The van der Waals surface area contributed by atoms with E-state index in [9.17, 15) is 9.59 Å². The summed E-state index contributed by atoms with van der Waals surface area (Å²) in [5.41, 5.74) is 0. The van der Waals surface area contributed by atoms with Gasteiger partial charge in [0, 0.05) is 25.6 Å². The van der Waals surface area contributed by atoms with Gasteiger partial charge < -0.3 is 14.9 Å². The van der Waals surface area contributed by atoms with Gasteiger partial charge in [0.1, 0.15) is 0 Å². The molecule has 0 radical (unpaired) electrons. The zero-order chi connectivity index (χ0) is 12.3. The summed E-state index contributed by atoms with van der Waals surface area (Å²) in [6, 6.07) is 0.247. The molecule has 92 valence electrons. The smallest absolute Gasteiger partial charge is 0.308 e. The van der Waals surface area contributed by atoms with E-state index in [0.717, 1.165) is 0 Å². The molecule has 0 bridgehead atoms. The maximum Gasteiger partial charge on any atom is 0.308 e. The molecule has 0 aromatic rings. The zero-order valence-electron chi connectivity index (χ0n) is 10.1. The third-order valence-corrected chi connectivity index (χ3v) is 3.22. The lowest BCUT2D eigenvalue weighted by atomic mass is 9.97. The van der Waals surface area contributed by atoms with E-state index in [1.807, 2.05) is 25.9 Å². The van der Waals surface area contributed by atoms with Crippen LogP contribution in [0.3, 0.4) is 0 Å². The second-order valence-corrected chi connectivity index (χ2v) is 4.69. The summed E-state index contributed by atoms with van der Waals surface area (Å²) in [7, 11) is 3.90. The van der Waals surface area contributed by atoms with Gasteiger partial charge in [0.25, 0.3) is 0 Å². The molecule has 1 heterocycles. The largest absolute Gasteiger partial charge is 0.481 e. The summed E-state index contributed by atoms with van der Waals surface area (Å²) < 4.78 is 0. The fraction of sp³-hybridized carbons (Fsp3) is 0.818. The quantitative estimate of drug-likeness (QED) is 0.749. The van der Waals surface area contributed by atoms with E-state index in [-0.39, 0.29) is 11.9 Å². The second kappa shape index (κ2) is 5.30. The molecular weight excluding hydrogens is 208 g/mol. The first kappa shape index (κ1) is 13.0. The minimum Gasteiger partial charge on any atom is -0.481 e. The van der Waals surface area contributed by atoms with Crippen LogP contribution in [0.15, 0.2) is 0 Å². The van der Waals surface area contributed by atoms with Gasteiger partial charge in [0.2, 0.25) is 5.91 Å². The van der Waals surface area contributed by atoms with Gasteiger partial charge in [0.15, 0.2) is 0 Å². The maximum atomic E-state index is 11.6. The number of likely N-dealkylation sites (tertiary alicyclic amines) is 1. The number of likely N-dealkylation sites (N-methyl/N-ethyl adjacent to an activating group) is 1. The number of hydrogen-bond acceptors (Lipinski definition) is 3. The van der Waals surface area contributed by atoms with Crippen molar-refractivity contribution < 1.29 is 14.7 Å². The fourth-order valence-electron chi connectivity index (χ4n) is 1.78. The second-order valence-electron chi connectivity index (χ2n) is 4.69. The number of carboxylic acids is 1. The molecule has 16 heavy (non-hydrogen) atoms. The van der Waals surface area contributed by atoms with Crippen molar-refractivity contribution >= 4 is 11.9 Å². The van der Waals surface area contributed by atoms with Crippen LogP contribution in [0.25, 0.3) is 0 Å². The predicted octanol–water partition coefficient (Wildman–Crippen LogP) is 0.260. The van der Waals surface area contributed by atoms with E-state index >= 15 is 0 Å². The molecule has 2 unspecified atom stereocenters. The Hall–Kier alpha value is -1.10. The van der Waals surface area contributed by atoms with E-state index in [1.54, 1.807) is 4.90 Å². The number of carboxylic acid groups (broad SMARTS) is 1. The third kappa shape index (κ3) is 3.20. The van der Waals surface area contributed by atoms with Crippen molar-refractivity contribution in [1.29, 1.82) is 0 Å². The van der Waals surface area contributed by atoms with Crippen molar-refractivity contribution in [2.24, 2.45) is 5.92 Å². The Morgan fingerprint density at radius 2 is 2.25 bits per heavy atom. The number of aliphatic carboxylic acids is 1. The number of carbonyl (C=O) groups is 2. The summed E-state index contributed by atoms with van der Waals surface area (Å²) in [5.74, 6) is -1.12. The number of amides is 1. The maximum absolute atomic E-state index is 11.6. The molecule has 1 amide bonds. The first-order chi connectivity index (χ1) is 7.41. The van der Waals surface area contributed by atoms with Crippen LogP contribution >= 0.6 is 0 Å². The standard InChI is InChI=1S/C11H20N2O3/c1-8(12(2)3)6-13-7-9(11(15)16)4-5-10(13)14/h8-9H,4-7H2,1-3H3,(H,15,16). The molecule has 2 atom stereocenters. The predicted molar refractivity (Wildman–Crippen MR) is 60.1 cm³/mol. The van der Waals surface area contributed by atoms with Crippen LogP contribution in [0.4, 0.5) is 0 Å². The molecule has 0 aromatic heterocycles. The summed E-state index contributed by atoms with van der Waals surface area (Å²) in [4.78, 5) is 26.2. The van der Waals surface area contributed by atoms with Crippen LogP contribution in [0, 0.1) is 5.92 Å². The van der Waals surface area contributed by atoms with E-state index < -0.39 is 11.9 Å². The van der Waals surface area contributed by atoms with Crippen LogP contribution in [0.1, 0.15) is 19.8 Å². The summed E-state index contributed by atoms with van der Waals surface area (Å²) in [6.07, 6.45) is 0.831. The molecular formula is C11H20N2O3. The van der Waals surface area contributed by atoms with Gasteiger partial charge in [0.05, 0.1) is 5.92 Å². The number of hydrogen-bond donors (Lipinski definition) is 1. The van der Waals surface area contributed by atoms with E-state index in [2.05, 4.69) is 0 Å². The van der Waals surface area contributed by atoms with Crippen molar-refractivity contribution in [2.75, 3.05) is 27.2 Å². The van der Waals surface area contributed by atoms with E-state index in [1.165, 1.54) is 0 Å². The Morgan fingerprint density at radius 3 is 2.75 bits per heavy atom. The van der Waals surface area contributed by atoms with Gasteiger partial charge in [-0.15, -0.1) is 0 Å². The molecule has 0 spiro atoms. The highest BCUT2D eigenvalue weighted by atomic mass is 16.4. The lowest BCUT2D eigenvalue weighted by Gasteiger charge is -2.34. The highest BCUT2D eigenvalue weighted by Gasteiger charge is 2.30. The normalized spacial score (nSPS) is 23.6. The number of rotatable bonds is 4. The van der Waals surface area contributed by atoms with E-state index in [4.69, 9.17) is 5.11 Å². The summed E-state index contributed by atoms with van der Waals surface area (Å²) in [5, 5.41) is 8.94. The van der Waals surface area contributed by atoms with Gasteiger partial charge in [-0.1, -0.05) is 0 Å². The molecule has 0 aliphatic carbocycles. The van der Waals surface area contributed by atoms with E-state index in [0.29, 0.717) is 25.9 Å². The Labute approximate surface area is 96.0 Å². The minimum atomic E-state index is -0.796. The highest BCUT2D eigenvalue weighted by Crippen LogP contribution is 2.18. The average Bonchev–Trinajstić information content (AvgIpc) is 2.20. The molecule has 1 fully saturated rings. The lowest BCUT2D eigenvalue weighted by molar-refractivity contribution is -0.147. The van der Waals surface area contributed by atoms with Gasteiger partial charge in [-0.2, -0.15) is 0 Å². The molecule has 5 heteroatoms. The van der Waals surface area contributed by atoms with Crippen LogP contribution < -0.4 is 0 Å². The van der Waals surface area contributed by atoms with Crippen LogP contribution in [0.2, 0.25) is 0 Å². The lowest BCUT2D eigenvalue weighted by Crippen LogP contribution is -2.47. The van der Waals surface area contributed by atoms with Crippen LogP contribution in [-0.4, -0.2) is 60.0 Å². The van der Waals surface area contributed by atoms with Gasteiger partial charge in [-0.25, -0.2) is 0 Å². The monoisotopic (exact) mass is 228 g/mol. The van der Waals surface area contributed by atoms with Crippen molar-refractivity contribution in [1.82, 2.24) is 9.80 Å². The van der Waals surface area contributed by atoms with Gasteiger partial charge in [-0.05, 0) is 27.4 Å². The summed E-state index contributed by atoms with van der Waals surface area (Å²) >= 11 is 0. The Bertz CT molecular complexity index is 278. The first-order valence-corrected chi connectivity index (χ1v) is 5.58. The molecule has 1 saturated heterocycles. The Kier molecular flexibility index (Phi) is 4.29. The molecule has 0 aromatic carbocycles. The Morgan fingerprint density at radius 1 is 1.62 bits per heavy atom. The van der Waals surface area contributed by atoms with Crippen LogP contribution in [0.5, 0.6) is 0 Å². The van der Waals surface area contributed by atoms with Crippen LogP contribution in [-0.2, 0) is 9.59 Å². The van der Waals surface area contributed by atoms with Crippen molar-refractivity contribution in [3.63, 3.8) is 0 Å². The number of piperidine rings is 1. The number of carbonyl (C=O) groups excluding carboxylic acids is 1. The molecule has 0 saturated carbocycles. The van der Waals surface area contributed by atoms with Gasteiger partial charge in [-0.3, -0.25) is 9.59 Å². The highest BCUT2D eigenvalue weighted by molar-refractivity contribution is 5.80. The molecule has 1 N–H and O–H groups in total. The average molecular weight is 228 g/mol. The van der Waals surface area contributed by atoms with Crippen molar-refractivity contribution in [3.05, 3.63) is 0 Å². The minimum absolute atomic E-state index is 0.0752. The SMILES string of the molecule is CC(CN1CC(C(=O)O)CCC1=O)N(C)C. The zero-order valence-corrected chi connectivity index (χ0v) is 10.1.